The van der Waals surface area contributed by atoms with Gasteiger partial charge in [-0.2, -0.15) is 0 Å². The summed E-state index contributed by atoms with van der Waals surface area (Å²) in [5.41, 5.74) is 3.67. The average molecular weight is 364 g/mol. The van der Waals surface area contributed by atoms with Gasteiger partial charge in [0.15, 0.2) is 9.84 Å². The Morgan fingerprint density at radius 2 is 2.16 bits per heavy atom. The molecule has 1 aromatic carbocycles. The van der Waals surface area contributed by atoms with E-state index in [1.807, 2.05) is 25.1 Å². The first-order valence-electron chi connectivity index (χ1n) is 8.41. The van der Waals surface area contributed by atoms with Gasteiger partial charge >= 0.3 is 0 Å². The maximum absolute atomic E-state index is 12.3. The molecule has 2 aliphatic rings. The van der Waals surface area contributed by atoms with Crippen LogP contribution in [0.5, 0.6) is 5.75 Å². The summed E-state index contributed by atoms with van der Waals surface area (Å²) in [6, 6.07) is 7.20. The predicted octanol–water partition coefficient (Wildman–Crippen LogP) is 2.71. The predicted molar refractivity (Wildman–Crippen MR) is 97.2 cm³/mol. The fourth-order valence-electron chi connectivity index (χ4n) is 3.61. The van der Waals surface area contributed by atoms with E-state index in [-0.39, 0.29) is 24.2 Å². The Labute approximate surface area is 148 Å². The van der Waals surface area contributed by atoms with Gasteiger partial charge in [0, 0.05) is 12.7 Å². The van der Waals surface area contributed by atoms with Crippen LogP contribution in [0, 0.1) is 0 Å². The zero-order chi connectivity index (χ0) is 18.0. The number of allylic oxidation sites excluding steroid dienone is 1. The van der Waals surface area contributed by atoms with Crippen molar-refractivity contribution >= 4 is 15.9 Å². The average Bonchev–Trinajstić information content (AvgIpc) is 3.09. The molecular formula is C19H24O5S. The van der Waals surface area contributed by atoms with Crippen molar-refractivity contribution in [3.63, 3.8) is 0 Å². The molecule has 1 aromatic rings. The van der Waals surface area contributed by atoms with Crippen LogP contribution in [0.3, 0.4) is 0 Å². The molecule has 0 spiro atoms. The van der Waals surface area contributed by atoms with Crippen molar-refractivity contribution < 1.29 is 23.0 Å². The standard InChI is InChI=1S/C19H24O5S/c1-13(9-14-5-3-4-6-16(14)20)7-8-17-19-15(10-23-2)12-25(21,22)18(19)11-24-17/h3-6,9,17-18,20H,7-8,10-12H2,1-2H3/b13-9+/t17-,18+/m1/s1. The van der Waals surface area contributed by atoms with E-state index in [4.69, 9.17) is 9.47 Å². The van der Waals surface area contributed by atoms with Crippen molar-refractivity contribution in [2.75, 3.05) is 26.1 Å². The van der Waals surface area contributed by atoms with E-state index in [2.05, 4.69) is 0 Å². The number of ether oxygens (including phenoxy) is 2. The first kappa shape index (κ1) is 18.2. The Morgan fingerprint density at radius 3 is 2.88 bits per heavy atom. The molecule has 3 rings (SSSR count). The van der Waals surface area contributed by atoms with Gasteiger partial charge in [0.1, 0.15) is 11.0 Å². The fraction of sp³-hybridized carbons (Fsp3) is 0.474. The Hall–Kier alpha value is -1.63. The zero-order valence-electron chi connectivity index (χ0n) is 14.6. The highest BCUT2D eigenvalue weighted by molar-refractivity contribution is 7.92. The van der Waals surface area contributed by atoms with Gasteiger partial charge in [0.2, 0.25) is 0 Å². The van der Waals surface area contributed by atoms with Crippen LogP contribution in [-0.4, -0.2) is 51.0 Å². The molecule has 5 nitrogen and oxygen atoms in total. The van der Waals surface area contributed by atoms with E-state index < -0.39 is 15.1 Å². The topological polar surface area (TPSA) is 72.8 Å². The van der Waals surface area contributed by atoms with Gasteiger partial charge < -0.3 is 14.6 Å². The molecule has 2 heterocycles. The first-order chi connectivity index (χ1) is 11.9. The SMILES string of the molecule is COCC1=C2[C@@H](CC/C(C)=C/c3ccccc3O)OC[C@@H]2S(=O)(=O)C1. The number of phenols is 1. The summed E-state index contributed by atoms with van der Waals surface area (Å²) in [7, 11) is -1.57. The second-order valence-corrected chi connectivity index (χ2v) is 8.88. The number of para-hydroxylation sites is 1. The molecule has 1 fully saturated rings. The normalized spacial score (nSPS) is 25.4. The first-order valence-corrected chi connectivity index (χ1v) is 10.1. The lowest BCUT2D eigenvalue weighted by atomic mass is 9.97. The molecule has 0 unspecified atom stereocenters. The molecule has 0 amide bonds. The van der Waals surface area contributed by atoms with Crippen molar-refractivity contribution in [1.29, 1.82) is 0 Å². The molecule has 6 heteroatoms. The summed E-state index contributed by atoms with van der Waals surface area (Å²) in [5, 5.41) is 9.36. The van der Waals surface area contributed by atoms with E-state index in [1.54, 1.807) is 19.2 Å². The van der Waals surface area contributed by atoms with Crippen LogP contribution in [0.15, 0.2) is 41.0 Å². The highest BCUT2D eigenvalue weighted by Gasteiger charge is 2.46. The van der Waals surface area contributed by atoms with Crippen molar-refractivity contribution in [3.05, 3.63) is 46.5 Å². The summed E-state index contributed by atoms with van der Waals surface area (Å²) in [6.07, 6.45) is 3.29. The Morgan fingerprint density at radius 1 is 1.40 bits per heavy atom. The van der Waals surface area contributed by atoms with Crippen molar-refractivity contribution in [2.24, 2.45) is 0 Å². The molecule has 0 saturated carbocycles. The lowest BCUT2D eigenvalue weighted by molar-refractivity contribution is 0.117. The molecule has 2 aliphatic heterocycles. The van der Waals surface area contributed by atoms with E-state index in [1.165, 1.54) is 0 Å². The van der Waals surface area contributed by atoms with E-state index in [0.717, 1.165) is 35.1 Å². The van der Waals surface area contributed by atoms with Crippen LogP contribution in [0.2, 0.25) is 0 Å². The van der Waals surface area contributed by atoms with Gasteiger partial charge in [-0.3, -0.25) is 0 Å². The van der Waals surface area contributed by atoms with E-state index in [0.29, 0.717) is 6.61 Å². The van der Waals surface area contributed by atoms with Crippen LogP contribution in [-0.2, 0) is 19.3 Å². The molecule has 136 valence electrons. The van der Waals surface area contributed by atoms with Crippen molar-refractivity contribution in [1.82, 2.24) is 0 Å². The Kier molecular flexibility index (Phi) is 5.32. The van der Waals surface area contributed by atoms with Crippen LogP contribution in [0.1, 0.15) is 25.3 Å². The van der Waals surface area contributed by atoms with Crippen LogP contribution in [0.25, 0.3) is 6.08 Å². The molecule has 25 heavy (non-hydrogen) atoms. The molecule has 2 atom stereocenters. The van der Waals surface area contributed by atoms with Crippen LogP contribution >= 0.6 is 0 Å². The number of benzene rings is 1. The lowest BCUT2D eigenvalue weighted by Gasteiger charge is -2.14. The highest BCUT2D eigenvalue weighted by Crippen LogP contribution is 2.38. The van der Waals surface area contributed by atoms with Crippen molar-refractivity contribution in [2.45, 2.75) is 31.1 Å². The number of aromatic hydroxyl groups is 1. The second-order valence-electron chi connectivity index (χ2n) is 6.70. The number of sulfone groups is 1. The molecular weight excluding hydrogens is 340 g/mol. The summed E-state index contributed by atoms with van der Waals surface area (Å²) in [4.78, 5) is 0. The number of fused-ring (bicyclic) bond motifs is 1. The van der Waals surface area contributed by atoms with Gasteiger partial charge in [-0.05, 0) is 37.0 Å². The smallest absolute Gasteiger partial charge is 0.163 e. The third kappa shape index (κ3) is 3.81. The molecule has 0 bridgehead atoms. The summed E-state index contributed by atoms with van der Waals surface area (Å²) in [5.74, 6) is 0.346. The van der Waals surface area contributed by atoms with E-state index >= 15 is 0 Å². The summed E-state index contributed by atoms with van der Waals surface area (Å²) in [6.45, 7) is 2.60. The lowest BCUT2D eigenvalue weighted by Crippen LogP contribution is -2.19. The van der Waals surface area contributed by atoms with Crippen LogP contribution < -0.4 is 0 Å². The fourth-order valence-corrected chi connectivity index (χ4v) is 5.54. The molecule has 0 aromatic heterocycles. The summed E-state index contributed by atoms with van der Waals surface area (Å²) < 4.78 is 35.5. The second kappa shape index (κ2) is 7.32. The third-order valence-corrected chi connectivity index (χ3v) is 6.83. The monoisotopic (exact) mass is 364 g/mol. The van der Waals surface area contributed by atoms with Gasteiger partial charge in [-0.1, -0.05) is 29.8 Å². The molecule has 1 N–H and O–H groups in total. The zero-order valence-corrected chi connectivity index (χ0v) is 15.4. The number of rotatable bonds is 6. The van der Waals surface area contributed by atoms with Crippen LogP contribution in [0.4, 0.5) is 0 Å². The number of hydrogen-bond donors (Lipinski definition) is 1. The molecule has 0 aliphatic carbocycles. The Bertz CT molecular complexity index is 807. The largest absolute Gasteiger partial charge is 0.507 e. The minimum atomic E-state index is -3.15. The number of methoxy groups -OCH3 is 1. The van der Waals surface area contributed by atoms with Crippen molar-refractivity contribution in [3.8, 4) is 5.75 Å². The van der Waals surface area contributed by atoms with Gasteiger partial charge in [0.05, 0.1) is 25.1 Å². The minimum Gasteiger partial charge on any atom is -0.507 e. The van der Waals surface area contributed by atoms with Gasteiger partial charge in [-0.25, -0.2) is 8.42 Å². The summed E-state index contributed by atoms with van der Waals surface area (Å²) >= 11 is 0. The molecule has 1 saturated heterocycles. The third-order valence-electron chi connectivity index (χ3n) is 4.82. The quantitative estimate of drug-likeness (QED) is 0.786. The maximum Gasteiger partial charge on any atom is 0.163 e. The number of hydrogen-bond acceptors (Lipinski definition) is 5. The Balaban J connectivity index is 1.71. The van der Waals surface area contributed by atoms with Gasteiger partial charge in [0.25, 0.3) is 0 Å². The van der Waals surface area contributed by atoms with E-state index in [9.17, 15) is 13.5 Å². The number of phenolic OH excluding ortho intramolecular Hbond substituents is 1. The highest BCUT2D eigenvalue weighted by atomic mass is 32.2. The van der Waals surface area contributed by atoms with Gasteiger partial charge in [-0.15, -0.1) is 0 Å². The molecule has 0 radical (unpaired) electrons. The maximum atomic E-state index is 12.3. The minimum absolute atomic E-state index is 0.0907.